The molecule has 1 aromatic heterocycles. The van der Waals surface area contributed by atoms with Gasteiger partial charge < -0.3 is 5.73 Å². The van der Waals surface area contributed by atoms with Crippen LogP contribution in [-0.2, 0) is 0 Å². The van der Waals surface area contributed by atoms with Gasteiger partial charge in [-0.2, -0.15) is 0 Å². The summed E-state index contributed by atoms with van der Waals surface area (Å²) in [5.74, 6) is 0. The van der Waals surface area contributed by atoms with Gasteiger partial charge in [0, 0.05) is 24.0 Å². The Morgan fingerprint density at radius 3 is 2.95 bits per heavy atom. The molecule has 0 aliphatic carbocycles. The molecule has 0 spiro atoms. The number of nitrogens with two attached hydrogens (primary N) is 1. The number of hydrogen-bond donors (Lipinski definition) is 1. The molecule has 1 aromatic rings. The molecule has 108 valence electrons. The molecule has 2 atom stereocenters. The predicted molar refractivity (Wildman–Crippen MR) is 84.0 cm³/mol. The van der Waals surface area contributed by atoms with Crippen molar-refractivity contribution in [1.82, 2.24) is 9.80 Å². The number of likely N-dealkylation sites (N-methyl/N-ethyl adjacent to an activating group) is 2. The topological polar surface area (TPSA) is 32.5 Å². The lowest BCUT2D eigenvalue weighted by Gasteiger charge is -2.32. The maximum Gasteiger partial charge on any atom is 0.0931 e. The van der Waals surface area contributed by atoms with E-state index in [-0.39, 0.29) is 6.04 Å². The van der Waals surface area contributed by atoms with Crippen molar-refractivity contribution in [2.24, 2.45) is 5.73 Å². The van der Waals surface area contributed by atoms with E-state index in [1.807, 2.05) is 6.07 Å². The number of rotatable bonds is 6. The Morgan fingerprint density at radius 2 is 2.37 bits per heavy atom. The van der Waals surface area contributed by atoms with Gasteiger partial charge in [0.05, 0.1) is 10.4 Å². The van der Waals surface area contributed by atoms with Crippen LogP contribution >= 0.6 is 22.9 Å². The molecule has 0 aromatic carbocycles. The SMILES string of the molecule is CCN1CCCC1CN(C)C(CN)c1ccc(Cl)s1. The summed E-state index contributed by atoms with van der Waals surface area (Å²) in [6, 6.07) is 5.04. The molecule has 2 rings (SSSR count). The average molecular weight is 302 g/mol. The number of nitrogens with zero attached hydrogens (tertiary/aromatic N) is 2. The van der Waals surface area contributed by atoms with Crippen LogP contribution in [0.2, 0.25) is 4.34 Å². The van der Waals surface area contributed by atoms with Crippen molar-refractivity contribution in [2.75, 3.05) is 33.2 Å². The van der Waals surface area contributed by atoms with E-state index < -0.39 is 0 Å². The molecule has 2 unspecified atom stereocenters. The quantitative estimate of drug-likeness (QED) is 0.877. The molecule has 5 heteroatoms. The van der Waals surface area contributed by atoms with Crippen molar-refractivity contribution in [3.63, 3.8) is 0 Å². The third kappa shape index (κ3) is 3.70. The lowest BCUT2D eigenvalue weighted by molar-refractivity contribution is 0.167. The van der Waals surface area contributed by atoms with Gasteiger partial charge in [-0.05, 0) is 45.1 Å². The van der Waals surface area contributed by atoms with Gasteiger partial charge in [0.15, 0.2) is 0 Å². The van der Waals surface area contributed by atoms with Crippen LogP contribution in [0.4, 0.5) is 0 Å². The third-order valence-corrected chi connectivity index (χ3v) is 5.41. The summed E-state index contributed by atoms with van der Waals surface area (Å²) in [6.07, 6.45) is 2.63. The van der Waals surface area contributed by atoms with Gasteiger partial charge in [0.1, 0.15) is 0 Å². The highest BCUT2D eigenvalue weighted by Crippen LogP contribution is 2.30. The van der Waals surface area contributed by atoms with Gasteiger partial charge >= 0.3 is 0 Å². The summed E-state index contributed by atoms with van der Waals surface area (Å²) in [4.78, 5) is 6.24. The van der Waals surface area contributed by atoms with Crippen molar-refractivity contribution in [2.45, 2.75) is 31.8 Å². The van der Waals surface area contributed by atoms with Gasteiger partial charge in [-0.15, -0.1) is 11.3 Å². The summed E-state index contributed by atoms with van der Waals surface area (Å²) in [5.41, 5.74) is 5.96. The van der Waals surface area contributed by atoms with E-state index in [9.17, 15) is 0 Å². The number of likely N-dealkylation sites (tertiary alicyclic amines) is 1. The van der Waals surface area contributed by atoms with E-state index in [2.05, 4.69) is 29.8 Å². The maximum atomic E-state index is 6.03. The Hall–Kier alpha value is -0.130. The predicted octanol–water partition coefficient (Wildman–Crippen LogP) is 2.82. The van der Waals surface area contributed by atoms with Crippen LogP contribution < -0.4 is 5.73 Å². The average Bonchev–Trinajstić information content (AvgIpc) is 2.99. The van der Waals surface area contributed by atoms with E-state index in [1.165, 1.54) is 24.3 Å². The summed E-state index contributed by atoms with van der Waals surface area (Å²) in [6.45, 7) is 6.37. The Bertz CT molecular complexity index is 396. The fourth-order valence-corrected chi connectivity index (χ4v) is 4.24. The first-order valence-corrected chi connectivity index (χ1v) is 8.24. The second-order valence-electron chi connectivity index (χ2n) is 5.26. The smallest absolute Gasteiger partial charge is 0.0931 e. The van der Waals surface area contributed by atoms with Crippen molar-refractivity contribution < 1.29 is 0 Å². The molecule has 0 radical (unpaired) electrons. The minimum absolute atomic E-state index is 0.289. The van der Waals surface area contributed by atoms with Crippen LogP contribution in [0, 0.1) is 0 Å². The maximum absolute atomic E-state index is 6.03. The highest BCUT2D eigenvalue weighted by atomic mass is 35.5. The van der Waals surface area contributed by atoms with Crippen LogP contribution in [0.25, 0.3) is 0 Å². The van der Waals surface area contributed by atoms with Crippen LogP contribution in [0.3, 0.4) is 0 Å². The van der Waals surface area contributed by atoms with E-state index in [1.54, 1.807) is 11.3 Å². The molecule has 1 aliphatic heterocycles. The largest absolute Gasteiger partial charge is 0.329 e. The summed E-state index contributed by atoms with van der Waals surface area (Å²) in [7, 11) is 2.18. The molecule has 2 N–H and O–H groups in total. The molecule has 0 saturated carbocycles. The highest BCUT2D eigenvalue weighted by molar-refractivity contribution is 7.16. The zero-order valence-corrected chi connectivity index (χ0v) is 13.4. The Kier molecular flexibility index (Phi) is 5.66. The molecule has 1 aliphatic rings. The monoisotopic (exact) mass is 301 g/mol. The van der Waals surface area contributed by atoms with Crippen molar-refractivity contribution >= 4 is 22.9 Å². The minimum Gasteiger partial charge on any atom is -0.329 e. The molecular weight excluding hydrogens is 278 g/mol. The van der Waals surface area contributed by atoms with Gasteiger partial charge in [-0.1, -0.05) is 18.5 Å². The van der Waals surface area contributed by atoms with Gasteiger partial charge in [-0.25, -0.2) is 0 Å². The van der Waals surface area contributed by atoms with E-state index in [0.29, 0.717) is 12.6 Å². The highest BCUT2D eigenvalue weighted by Gasteiger charge is 2.27. The minimum atomic E-state index is 0.289. The Labute approximate surface area is 125 Å². The second kappa shape index (κ2) is 7.04. The third-order valence-electron chi connectivity index (χ3n) is 4.08. The van der Waals surface area contributed by atoms with Crippen LogP contribution in [-0.4, -0.2) is 49.1 Å². The number of halogens is 1. The number of hydrogen-bond acceptors (Lipinski definition) is 4. The van der Waals surface area contributed by atoms with Gasteiger partial charge in [0.25, 0.3) is 0 Å². The fourth-order valence-electron chi connectivity index (χ4n) is 3.00. The molecule has 1 saturated heterocycles. The zero-order chi connectivity index (χ0) is 13.8. The van der Waals surface area contributed by atoms with E-state index >= 15 is 0 Å². The van der Waals surface area contributed by atoms with Crippen molar-refractivity contribution in [3.05, 3.63) is 21.3 Å². The molecule has 2 heterocycles. The summed E-state index contributed by atoms with van der Waals surface area (Å²) in [5, 5.41) is 0. The lowest BCUT2D eigenvalue weighted by Crippen LogP contribution is -2.41. The van der Waals surface area contributed by atoms with Crippen LogP contribution in [0.15, 0.2) is 12.1 Å². The molecule has 0 bridgehead atoms. The first kappa shape index (κ1) is 15.3. The summed E-state index contributed by atoms with van der Waals surface area (Å²) < 4.78 is 0.845. The van der Waals surface area contributed by atoms with Crippen LogP contribution in [0.1, 0.15) is 30.7 Å². The number of thiophene rings is 1. The normalized spacial score (nSPS) is 22.3. The van der Waals surface area contributed by atoms with E-state index in [4.69, 9.17) is 17.3 Å². The first-order chi connectivity index (χ1) is 9.15. The molecule has 1 fully saturated rings. The Morgan fingerprint density at radius 1 is 1.58 bits per heavy atom. The van der Waals surface area contributed by atoms with Gasteiger partial charge in [0.2, 0.25) is 0 Å². The van der Waals surface area contributed by atoms with Crippen molar-refractivity contribution in [1.29, 1.82) is 0 Å². The second-order valence-corrected chi connectivity index (χ2v) is 7.00. The van der Waals surface area contributed by atoms with Crippen molar-refractivity contribution in [3.8, 4) is 0 Å². The van der Waals surface area contributed by atoms with Crippen LogP contribution in [0.5, 0.6) is 0 Å². The Balaban J connectivity index is 1.99. The molecule has 3 nitrogen and oxygen atoms in total. The van der Waals surface area contributed by atoms with E-state index in [0.717, 1.165) is 17.4 Å². The molecule has 19 heavy (non-hydrogen) atoms. The first-order valence-electron chi connectivity index (χ1n) is 7.05. The molecular formula is C14H24ClN3S. The van der Waals surface area contributed by atoms with Gasteiger partial charge in [-0.3, -0.25) is 9.80 Å². The summed E-state index contributed by atoms with van der Waals surface area (Å²) >= 11 is 7.68. The standard InChI is InChI=1S/C14H24ClN3S/c1-3-18-8-4-5-11(18)10-17(2)12(9-16)13-6-7-14(15)19-13/h6-7,11-12H,3-5,8-10,16H2,1-2H3. The lowest BCUT2D eigenvalue weighted by atomic mass is 10.1. The molecule has 0 amide bonds. The fraction of sp³-hybridized carbons (Fsp3) is 0.714. The zero-order valence-electron chi connectivity index (χ0n) is 11.8.